The number of carbonyl (C=O) groups is 2. The number of hydrogen-bond acceptors (Lipinski definition) is 4. The standard InChI is InChI=1S/C9H12N2O3S/c1-9(2,7(13)14)5-6(12)11-8-10-3-4-15-8/h3-4H,5H2,1-2H3,(H,13,14)(H,10,11,12). The van der Waals surface area contributed by atoms with Crippen LogP contribution in [0.25, 0.3) is 0 Å². The summed E-state index contributed by atoms with van der Waals surface area (Å²) in [4.78, 5) is 26.1. The van der Waals surface area contributed by atoms with Crippen LogP contribution in [0, 0.1) is 5.41 Å². The van der Waals surface area contributed by atoms with Gasteiger partial charge in [-0.15, -0.1) is 11.3 Å². The number of hydrogen-bond donors (Lipinski definition) is 2. The Labute approximate surface area is 91.1 Å². The summed E-state index contributed by atoms with van der Waals surface area (Å²) in [5.41, 5.74) is -1.05. The normalized spacial score (nSPS) is 11.1. The van der Waals surface area contributed by atoms with Crippen molar-refractivity contribution in [3.8, 4) is 0 Å². The van der Waals surface area contributed by atoms with Crippen molar-refractivity contribution in [3.05, 3.63) is 11.6 Å². The van der Waals surface area contributed by atoms with Crippen LogP contribution < -0.4 is 5.32 Å². The van der Waals surface area contributed by atoms with E-state index in [1.165, 1.54) is 25.2 Å². The number of carboxylic acids is 1. The number of carbonyl (C=O) groups excluding carboxylic acids is 1. The third-order valence-corrected chi connectivity index (χ3v) is 2.55. The summed E-state index contributed by atoms with van der Waals surface area (Å²) in [6, 6.07) is 0. The molecule has 5 nitrogen and oxygen atoms in total. The molecule has 15 heavy (non-hydrogen) atoms. The summed E-state index contributed by atoms with van der Waals surface area (Å²) in [5, 5.41) is 13.6. The van der Waals surface area contributed by atoms with Gasteiger partial charge in [-0.05, 0) is 13.8 Å². The van der Waals surface area contributed by atoms with Gasteiger partial charge < -0.3 is 10.4 Å². The van der Waals surface area contributed by atoms with Crippen molar-refractivity contribution < 1.29 is 14.7 Å². The summed E-state index contributed by atoms with van der Waals surface area (Å²) >= 11 is 1.30. The lowest BCUT2D eigenvalue weighted by atomic mass is 9.89. The molecule has 2 N–H and O–H groups in total. The van der Waals surface area contributed by atoms with E-state index in [1.807, 2.05) is 0 Å². The summed E-state index contributed by atoms with van der Waals surface area (Å²) in [6.07, 6.45) is 1.50. The van der Waals surface area contributed by atoms with Crippen LogP contribution in [0.2, 0.25) is 0 Å². The molecule has 0 atom stereocenters. The van der Waals surface area contributed by atoms with Crippen molar-refractivity contribution in [3.63, 3.8) is 0 Å². The molecule has 0 saturated heterocycles. The maximum Gasteiger partial charge on any atom is 0.309 e. The van der Waals surface area contributed by atoms with Gasteiger partial charge in [0.1, 0.15) is 0 Å². The molecule has 1 rings (SSSR count). The van der Waals surface area contributed by atoms with E-state index >= 15 is 0 Å². The molecule has 0 bridgehead atoms. The minimum atomic E-state index is -1.05. The number of aromatic nitrogens is 1. The maximum absolute atomic E-state index is 11.4. The van der Waals surface area contributed by atoms with Crippen molar-refractivity contribution in [2.24, 2.45) is 5.41 Å². The van der Waals surface area contributed by atoms with Crippen LogP contribution in [0.1, 0.15) is 20.3 Å². The zero-order chi connectivity index (χ0) is 11.5. The van der Waals surface area contributed by atoms with Crippen LogP contribution >= 0.6 is 11.3 Å². The van der Waals surface area contributed by atoms with Crippen LogP contribution in [-0.2, 0) is 9.59 Å². The Kier molecular flexibility index (Phi) is 3.41. The van der Waals surface area contributed by atoms with Crippen LogP contribution in [0.5, 0.6) is 0 Å². The lowest BCUT2D eigenvalue weighted by molar-refractivity contribution is -0.148. The molecular formula is C9H12N2O3S. The van der Waals surface area contributed by atoms with Gasteiger partial charge in [0.05, 0.1) is 5.41 Å². The zero-order valence-corrected chi connectivity index (χ0v) is 9.30. The molecule has 0 spiro atoms. The molecule has 1 heterocycles. The summed E-state index contributed by atoms with van der Waals surface area (Å²) in [5.74, 6) is -1.32. The molecule has 0 aliphatic heterocycles. The van der Waals surface area contributed by atoms with Gasteiger partial charge >= 0.3 is 5.97 Å². The van der Waals surface area contributed by atoms with Gasteiger partial charge in [0.25, 0.3) is 0 Å². The van der Waals surface area contributed by atoms with E-state index < -0.39 is 11.4 Å². The number of aliphatic carboxylic acids is 1. The van der Waals surface area contributed by atoms with Crippen molar-refractivity contribution >= 4 is 28.3 Å². The fourth-order valence-electron chi connectivity index (χ4n) is 0.926. The molecule has 0 radical (unpaired) electrons. The Hall–Kier alpha value is -1.43. The average Bonchev–Trinajstić information content (AvgIpc) is 2.54. The first-order valence-electron chi connectivity index (χ1n) is 4.34. The van der Waals surface area contributed by atoms with Crippen LogP contribution in [0.3, 0.4) is 0 Å². The number of carboxylic acid groups (broad SMARTS) is 1. The van der Waals surface area contributed by atoms with Crippen LogP contribution in [0.4, 0.5) is 5.13 Å². The SMILES string of the molecule is CC(C)(CC(=O)Nc1nccs1)C(=O)O. The van der Waals surface area contributed by atoms with Gasteiger partial charge in [-0.1, -0.05) is 0 Å². The molecule has 0 saturated carbocycles. The predicted molar refractivity (Wildman–Crippen MR) is 56.8 cm³/mol. The van der Waals surface area contributed by atoms with E-state index in [4.69, 9.17) is 5.11 Å². The Bertz CT molecular complexity index is 359. The molecule has 1 amide bonds. The van der Waals surface area contributed by atoms with Gasteiger partial charge in [-0.25, -0.2) is 4.98 Å². The monoisotopic (exact) mass is 228 g/mol. The molecule has 0 fully saturated rings. The Balaban J connectivity index is 2.53. The highest BCUT2D eigenvalue weighted by molar-refractivity contribution is 7.13. The Morgan fingerprint density at radius 1 is 1.60 bits per heavy atom. The van der Waals surface area contributed by atoms with Gasteiger partial charge in [0, 0.05) is 18.0 Å². The van der Waals surface area contributed by atoms with E-state index in [-0.39, 0.29) is 12.3 Å². The second-order valence-electron chi connectivity index (χ2n) is 3.75. The lowest BCUT2D eigenvalue weighted by Gasteiger charge is -2.17. The number of thiazole rings is 1. The fourth-order valence-corrected chi connectivity index (χ4v) is 1.47. The largest absolute Gasteiger partial charge is 0.481 e. The van der Waals surface area contributed by atoms with Gasteiger partial charge in [-0.2, -0.15) is 0 Å². The molecule has 1 aromatic rings. The predicted octanol–water partition coefficient (Wildman–Crippen LogP) is 1.58. The van der Waals surface area contributed by atoms with Crippen LogP contribution in [0.15, 0.2) is 11.6 Å². The zero-order valence-electron chi connectivity index (χ0n) is 8.48. The fraction of sp³-hybridized carbons (Fsp3) is 0.444. The highest BCUT2D eigenvalue weighted by atomic mass is 32.1. The summed E-state index contributed by atoms with van der Waals surface area (Å²) in [6.45, 7) is 3.02. The summed E-state index contributed by atoms with van der Waals surface area (Å²) < 4.78 is 0. The number of nitrogens with one attached hydrogen (secondary N) is 1. The van der Waals surface area contributed by atoms with E-state index in [0.29, 0.717) is 5.13 Å². The first-order valence-corrected chi connectivity index (χ1v) is 5.22. The van der Waals surface area contributed by atoms with E-state index in [9.17, 15) is 9.59 Å². The first kappa shape index (κ1) is 11.6. The van der Waals surface area contributed by atoms with E-state index in [0.717, 1.165) is 0 Å². The quantitative estimate of drug-likeness (QED) is 0.820. The number of anilines is 1. The topological polar surface area (TPSA) is 79.3 Å². The van der Waals surface area contributed by atoms with E-state index in [2.05, 4.69) is 10.3 Å². The highest BCUT2D eigenvalue weighted by Crippen LogP contribution is 2.21. The molecule has 6 heteroatoms. The third kappa shape index (κ3) is 3.32. The second-order valence-corrected chi connectivity index (χ2v) is 4.65. The minimum Gasteiger partial charge on any atom is -0.481 e. The van der Waals surface area contributed by atoms with Crippen molar-refractivity contribution in [2.45, 2.75) is 20.3 Å². The number of rotatable bonds is 4. The van der Waals surface area contributed by atoms with E-state index in [1.54, 1.807) is 11.6 Å². The maximum atomic E-state index is 11.4. The van der Waals surface area contributed by atoms with Gasteiger partial charge in [0.2, 0.25) is 5.91 Å². The molecule has 1 aromatic heterocycles. The van der Waals surface area contributed by atoms with Crippen molar-refractivity contribution in [2.75, 3.05) is 5.32 Å². The molecule has 0 aromatic carbocycles. The molecule has 0 aliphatic rings. The van der Waals surface area contributed by atoms with Crippen molar-refractivity contribution in [1.82, 2.24) is 4.98 Å². The molecule has 0 aliphatic carbocycles. The Morgan fingerprint density at radius 2 is 2.27 bits per heavy atom. The molecule has 0 unspecified atom stereocenters. The smallest absolute Gasteiger partial charge is 0.309 e. The Morgan fingerprint density at radius 3 is 2.73 bits per heavy atom. The summed E-state index contributed by atoms with van der Waals surface area (Å²) in [7, 11) is 0. The first-order chi connectivity index (χ1) is 6.92. The second kappa shape index (κ2) is 4.39. The number of amides is 1. The third-order valence-electron chi connectivity index (χ3n) is 1.86. The van der Waals surface area contributed by atoms with Crippen molar-refractivity contribution in [1.29, 1.82) is 0 Å². The molecular weight excluding hydrogens is 216 g/mol. The lowest BCUT2D eigenvalue weighted by Crippen LogP contribution is -2.29. The molecule has 82 valence electrons. The van der Waals surface area contributed by atoms with Crippen LogP contribution in [-0.4, -0.2) is 22.0 Å². The van der Waals surface area contributed by atoms with Gasteiger partial charge in [-0.3, -0.25) is 9.59 Å². The number of nitrogens with zero attached hydrogens (tertiary/aromatic N) is 1. The minimum absolute atomic E-state index is 0.0675. The average molecular weight is 228 g/mol. The highest BCUT2D eigenvalue weighted by Gasteiger charge is 2.30. The van der Waals surface area contributed by atoms with Gasteiger partial charge in [0.15, 0.2) is 5.13 Å².